The Hall–Kier alpha value is -0.870. The molecule has 1 aromatic heterocycles. The molecule has 0 spiro atoms. The Morgan fingerprint density at radius 3 is 2.50 bits per heavy atom. The van der Waals surface area contributed by atoms with Gasteiger partial charge in [0, 0.05) is 16.3 Å². The highest BCUT2D eigenvalue weighted by atomic mass is 32.1. The van der Waals surface area contributed by atoms with Crippen LogP contribution in [-0.2, 0) is 17.8 Å². The minimum Gasteiger partial charge on any atom is -0.480 e. The van der Waals surface area contributed by atoms with Crippen LogP contribution in [0.2, 0.25) is 0 Å². The van der Waals surface area contributed by atoms with Gasteiger partial charge < -0.3 is 5.11 Å². The van der Waals surface area contributed by atoms with Gasteiger partial charge in [-0.2, -0.15) is 0 Å². The summed E-state index contributed by atoms with van der Waals surface area (Å²) in [5, 5.41) is 12.2. The van der Waals surface area contributed by atoms with Crippen molar-refractivity contribution in [2.45, 2.75) is 45.7 Å². The minimum absolute atomic E-state index is 0.578. The summed E-state index contributed by atoms with van der Waals surface area (Å²) in [4.78, 5) is 13.6. The van der Waals surface area contributed by atoms with Crippen molar-refractivity contribution in [1.29, 1.82) is 0 Å². The summed E-state index contributed by atoms with van der Waals surface area (Å²) < 4.78 is 0. The maximum absolute atomic E-state index is 11.1. The predicted octanol–water partition coefficient (Wildman–Crippen LogP) is 2.65. The molecule has 1 aromatic rings. The normalized spacial score (nSPS) is 14.7. The third kappa shape index (κ3) is 3.06. The second-order valence-electron chi connectivity index (χ2n) is 4.07. The van der Waals surface area contributed by atoms with Crippen molar-refractivity contribution in [3.8, 4) is 0 Å². The average Bonchev–Trinajstić information content (AvgIpc) is 2.73. The minimum atomic E-state index is -0.823. The SMILES string of the molecule is CCc1ccc(CNC(C)(CC)C(=O)O)s1. The van der Waals surface area contributed by atoms with Gasteiger partial charge in [0.2, 0.25) is 0 Å². The van der Waals surface area contributed by atoms with Crippen LogP contribution in [0.1, 0.15) is 36.9 Å². The highest BCUT2D eigenvalue weighted by Gasteiger charge is 2.30. The molecule has 0 aliphatic heterocycles. The third-order valence-corrected chi connectivity index (χ3v) is 4.13. The maximum atomic E-state index is 11.1. The van der Waals surface area contributed by atoms with Gasteiger partial charge in [-0.1, -0.05) is 13.8 Å². The van der Waals surface area contributed by atoms with E-state index in [-0.39, 0.29) is 0 Å². The van der Waals surface area contributed by atoms with Crippen LogP contribution in [0.4, 0.5) is 0 Å². The number of rotatable bonds is 6. The number of carboxylic acid groups (broad SMARTS) is 1. The molecule has 0 radical (unpaired) electrons. The molecule has 1 unspecified atom stereocenters. The molecule has 3 nitrogen and oxygen atoms in total. The summed E-state index contributed by atoms with van der Waals surface area (Å²) in [5.41, 5.74) is -0.823. The molecular weight excluding hydrogens is 222 g/mol. The van der Waals surface area contributed by atoms with Crippen molar-refractivity contribution in [2.24, 2.45) is 0 Å². The molecule has 4 heteroatoms. The summed E-state index contributed by atoms with van der Waals surface area (Å²) in [6.07, 6.45) is 1.61. The summed E-state index contributed by atoms with van der Waals surface area (Å²) in [6.45, 7) is 6.36. The van der Waals surface area contributed by atoms with E-state index in [4.69, 9.17) is 5.11 Å². The molecule has 1 rings (SSSR count). The monoisotopic (exact) mass is 241 g/mol. The first-order valence-electron chi connectivity index (χ1n) is 5.58. The Labute approximate surface area is 100 Å². The molecular formula is C12H19NO2S. The lowest BCUT2D eigenvalue weighted by Gasteiger charge is -2.24. The van der Waals surface area contributed by atoms with Crippen LogP contribution in [0, 0.1) is 0 Å². The Morgan fingerprint density at radius 1 is 1.44 bits per heavy atom. The number of carbonyl (C=O) groups is 1. The fourth-order valence-corrected chi connectivity index (χ4v) is 2.24. The zero-order valence-corrected chi connectivity index (χ0v) is 10.9. The molecule has 0 aliphatic rings. The number of nitrogens with one attached hydrogen (secondary N) is 1. The number of aryl methyl sites for hydroxylation is 1. The first-order chi connectivity index (χ1) is 7.51. The lowest BCUT2D eigenvalue weighted by molar-refractivity contribution is -0.144. The molecule has 0 fully saturated rings. The smallest absolute Gasteiger partial charge is 0.323 e. The van der Waals surface area contributed by atoms with Crippen LogP contribution in [0.5, 0.6) is 0 Å². The van der Waals surface area contributed by atoms with Crippen LogP contribution in [0.25, 0.3) is 0 Å². The molecule has 0 bridgehead atoms. The molecule has 0 saturated carbocycles. The van der Waals surface area contributed by atoms with Crippen LogP contribution in [0.3, 0.4) is 0 Å². The maximum Gasteiger partial charge on any atom is 0.323 e. The molecule has 0 amide bonds. The lowest BCUT2D eigenvalue weighted by Crippen LogP contribution is -2.48. The lowest BCUT2D eigenvalue weighted by atomic mass is 9.99. The Balaban J connectivity index is 2.59. The van der Waals surface area contributed by atoms with Crippen LogP contribution < -0.4 is 5.32 Å². The molecule has 16 heavy (non-hydrogen) atoms. The summed E-state index contributed by atoms with van der Waals surface area (Å²) in [6, 6.07) is 4.17. The number of carboxylic acids is 1. The Bertz CT molecular complexity index is 362. The average molecular weight is 241 g/mol. The van der Waals surface area contributed by atoms with Crippen molar-refractivity contribution in [2.75, 3.05) is 0 Å². The van der Waals surface area contributed by atoms with Gasteiger partial charge in [-0.05, 0) is 31.9 Å². The van der Waals surface area contributed by atoms with E-state index in [2.05, 4.69) is 24.4 Å². The van der Waals surface area contributed by atoms with Gasteiger partial charge >= 0.3 is 5.97 Å². The van der Waals surface area contributed by atoms with Gasteiger partial charge in [-0.3, -0.25) is 10.1 Å². The van der Waals surface area contributed by atoms with Crippen molar-refractivity contribution in [1.82, 2.24) is 5.32 Å². The van der Waals surface area contributed by atoms with Crippen molar-refractivity contribution in [3.05, 3.63) is 21.9 Å². The van der Waals surface area contributed by atoms with Crippen LogP contribution in [0.15, 0.2) is 12.1 Å². The molecule has 0 aromatic carbocycles. The molecule has 0 saturated heterocycles. The molecule has 2 N–H and O–H groups in total. The largest absolute Gasteiger partial charge is 0.480 e. The first kappa shape index (κ1) is 13.2. The van der Waals surface area contributed by atoms with E-state index in [0.29, 0.717) is 13.0 Å². The van der Waals surface area contributed by atoms with Gasteiger partial charge in [0.1, 0.15) is 5.54 Å². The molecule has 1 atom stereocenters. The number of hydrogen-bond acceptors (Lipinski definition) is 3. The van der Waals surface area contributed by atoms with Gasteiger partial charge in [0.05, 0.1) is 0 Å². The fraction of sp³-hybridized carbons (Fsp3) is 0.583. The van der Waals surface area contributed by atoms with E-state index >= 15 is 0 Å². The Kier molecular flexibility index (Phi) is 4.50. The second kappa shape index (κ2) is 5.46. The number of hydrogen-bond donors (Lipinski definition) is 2. The van der Waals surface area contributed by atoms with E-state index in [0.717, 1.165) is 6.42 Å². The van der Waals surface area contributed by atoms with E-state index in [9.17, 15) is 4.79 Å². The van der Waals surface area contributed by atoms with Crippen molar-refractivity contribution < 1.29 is 9.90 Å². The first-order valence-corrected chi connectivity index (χ1v) is 6.39. The topological polar surface area (TPSA) is 49.3 Å². The highest BCUT2D eigenvalue weighted by Crippen LogP contribution is 2.18. The molecule has 90 valence electrons. The zero-order valence-electron chi connectivity index (χ0n) is 10.0. The van der Waals surface area contributed by atoms with E-state index in [1.165, 1.54) is 9.75 Å². The van der Waals surface area contributed by atoms with Crippen LogP contribution in [-0.4, -0.2) is 16.6 Å². The van der Waals surface area contributed by atoms with Crippen molar-refractivity contribution >= 4 is 17.3 Å². The van der Waals surface area contributed by atoms with Crippen molar-refractivity contribution in [3.63, 3.8) is 0 Å². The number of thiophene rings is 1. The fourth-order valence-electron chi connectivity index (χ4n) is 1.34. The number of aliphatic carboxylic acids is 1. The second-order valence-corrected chi connectivity index (χ2v) is 5.32. The summed E-state index contributed by atoms with van der Waals surface area (Å²) in [5.74, 6) is -0.790. The Morgan fingerprint density at radius 2 is 2.06 bits per heavy atom. The quantitative estimate of drug-likeness (QED) is 0.805. The molecule has 0 aliphatic carbocycles. The summed E-state index contributed by atoms with van der Waals surface area (Å²) in [7, 11) is 0. The van der Waals surface area contributed by atoms with E-state index < -0.39 is 11.5 Å². The van der Waals surface area contributed by atoms with E-state index in [1.807, 2.05) is 6.92 Å². The summed E-state index contributed by atoms with van der Waals surface area (Å²) >= 11 is 1.74. The third-order valence-electron chi connectivity index (χ3n) is 2.90. The van der Waals surface area contributed by atoms with Crippen LogP contribution >= 0.6 is 11.3 Å². The highest BCUT2D eigenvalue weighted by molar-refractivity contribution is 7.11. The van der Waals surface area contributed by atoms with Gasteiger partial charge in [-0.15, -0.1) is 11.3 Å². The predicted molar refractivity (Wildman–Crippen MR) is 66.9 cm³/mol. The zero-order chi connectivity index (χ0) is 12.2. The van der Waals surface area contributed by atoms with Gasteiger partial charge in [-0.25, -0.2) is 0 Å². The standard InChI is InChI=1S/C12H19NO2S/c1-4-9-6-7-10(16-9)8-13-12(3,5-2)11(14)15/h6-7,13H,4-5,8H2,1-3H3,(H,14,15). The van der Waals surface area contributed by atoms with E-state index in [1.54, 1.807) is 18.3 Å². The van der Waals surface area contributed by atoms with Gasteiger partial charge in [0.25, 0.3) is 0 Å². The molecule has 1 heterocycles. The van der Waals surface area contributed by atoms with Gasteiger partial charge in [0.15, 0.2) is 0 Å².